The van der Waals surface area contributed by atoms with E-state index in [1.807, 2.05) is 6.92 Å². The summed E-state index contributed by atoms with van der Waals surface area (Å²) in [5, 5.41) is 16.8. The van der Waals surface area contributed by atoms with Crippen LogP contribution in [0.3, 0.4) is 0 Å². The number of hydrogen-bond acceptors (Lipinski definition) is 6. The van der Waals surface area contributed by atoms with Crippen molar-refractivity contribution < 1.29 is 18.1 Å². The van der Waals surface area contributed by atoms with E-state index in [4.69, 9.17) is 0 Å². The molecule has 9 nitrogen and oxygen atoms in total. The molecule has 0 spiro atoms. The summed E-state index contributed by atoms with van der Waals surface area (Å²) in [6.07, 6.45) is 1.99. The lowest BCUT2D eigenvalue weighted by atomic mass is 10.2. The molecule has 1 unspecified atom stereocenters. The van der Waals surface area contributed by atoms with Crippen LogP contribution >= 0.6 is 12.4 Å². The van der Waals surface area contributed by atoms with Gasteiger partial charge >= 0.3 is 0 Å². The second-order valence-corrected chi connectivity index (χ2v) is 7.96. The zero-order valence-electron chi connectivity index (χ0n) is 15.1. The number of carbonyl (C=O) groups excluding carboxylic acids is 1. The van der Waals surface area contributed by atoms with Crippen LogP contribution in [0.15, 0.2) is 29.2 Å². The van der Waals surface area contributed by atoms with Crippen molar-refractivity contribution in [2.75, 3.05) is 26.2 Å². The Morgan fingerprint density at radius 3 is 2.74 bits per heavy atom. The monoisotopic (exact) mass is 420 g/mol. The zero-order valence-corrected chi connectivity index (χ0v) is 16.7. The number of amides is 1. The van der Waals surface area contributed by atoms with E-state index in [9.17, 15) is 23.3 Å². The summed E-state index contributed by atoms with van der Waals surface area (Å²) < 4.78 is 26.8. The second-order valence-electron chi connectivity index (χ2n) is 6.07. The third-order valence-electron chi connectivity index (χ3n) is 4.17. The van der Waals surface area contributed by atoms with Gasteiger partial charge in [-0.2, -0.15) is 4.31 Å². The number of halogens is 1. The van der Waals surface area contributed by atoms with Crippen LogP contribution in [0.25, 0.3) is 0 Å². The third kappa shape index (κ3) is 5.86. The second kappa shape index (κ2) is 10.5. The van der Waals surface area contributed by atoms with Gasteiger partial charge in [0.15, 0.2) is 0 Å². The molecule has 1 aromatic rings. The number of non-ortho nitro benzene ring substituents is 1. The minimum absolute atomic E-state index is 0. The molecule has 1 fully saturated rings. The minimum Gasteiger partial charge on any atom is -0.353 e. The van der Waals surface area contributed by atoms with Gasteiger partial charge in [-0.1, -0.05) is 13.0 Å². The fourth-order valence-corrected chi connectivity index (χ4v) is 4.57. The largest absolute Gasteiger partial charge is 0.353 e. The van der Waals surface area contributed by atoms with E-state index < -0.39 is 21.0 Å². The van der Waals surface area contributed by atoms with Crippen LogP contribution in [0, 0.1) is 10.1 Å². The number of sulfonamides is 1. The maximum atomic E-state index is 12.9. The van der Waals surface area contributed by atoms with Crippen molar-refractivity contribution in [3.63, 3.8) is 0 Å². The molecule has 2 N–H and O–H groups in total. The topological polar surface area (TPSA) is 122 Å². The Morgan fingerprint density at radius 1 is 1.33 bits per heavy atom. The van der Waals surface area contributed by atoms with Gasteiger partial charge in [0.05, 0.1) is 9.82 Å². The highest BCUT2D eigenvalue weighted by Gasteiger charge is 2.39. The number of nitrogens with zero attached hydrogens (tertiary/aromatic N) is 2. The van der Waals surface area contributed by atoms with Crippen LogP contribution in [-0.4, -0.2) is 55.8 Å². The maximum absolute atomic E-state index is 12.9. The SMILES string of the molecule is CCCNCCNC(=O)C1CCCN1S(=O)(=O)c1cccc([N+](=O)[O-])c1.Cl. The lowest BCUT2D eigenvalue weighted by Crippen LogP contribution is -2.47. The normalized spacial score (nSPS) is 17.3. The van der Waals surface area contributed by atoms with Crippen LogP contribution < -0.4 is 10.6 Å². The summed E-state index contributed by atoms with van der Waals surface area (Å²) in [5.41, 5.74) is -0.298. The predicted molar refractivity (Wildman–Crippen MR) is 103 cm³/mol. The molecule has 2 rings (SSSR count). The lowest BCUT2D eigenvalue weighted by molar-refractivity contribution is -0.385. The van der Waals surface area contributed by atoms with Gasteiger partial charge in [0, 0.05) is 31.8 Å². The first-order valence-corrected chi connectivity index (χ1v) is 10.1. The van der Waals surface area contributed by atoms with E-state index in [1.165, 1.54) is 18.2 Å². The first kappa shape index (κ1) is 23.3. The summed E-state index contributed by atoms with van der Waals surface area (Å²) >= 11 is 0. The highest BCUT2D eigenvalue weighted by molar-refractivity contribution is 7.89. The van der Waals surface area contributed by atoms with Crippen LogP contribution in [0.1, 0.15) is 26.2 Å². The van der Waals surface area contributed by atoms with E-state index in [-0.39, 0.29) is 35.4 Å². The first-order valence-electron chi connectivity index (χ1n) is 8.62. The molecule has 1 saturated heterocycles. The highest BCUT2D eigenvalue weighted by Crippen LogP contribution is 2.27. The average molecular weight is 421 g/mol. The number of nitro benzene ring substituents is 1. The van der Waals surface area contributed by atoms with Gasteiger partial charge in [-0.25, -0.2) is 8.42 Å². The van der Waals surface area contributed by atoms with Gasteiger partial charge in [0.25, 0.3) is 5.69 Å². The molecule has 0 aliphatic carbocycles. The number of benzene rings is 1. The van der Waals surface area contributed by atoms with Gasteiger partial charge in [-0.05, 0) is 31.9 Å². The van der Waals surface area contributed by atoms with Crippen molar-refractivity contribution in [3.8, 4) is 0 Å². The summed E-state index contributed by atoms with van der Waals surface area (Å²) in [4.78, 5) is 22.5. The fraction of sp³-hybridized carbons (Fsp3) is 0.562. The molecule has 1 heterocycles. The Bertz CT molecular complexity index is 759. The molecule has 0 radical (unpaired) electrons. The molecule has 11 heteroatoms. The Hall–Kier alpha value is -1.75. The summed E-state index contributed by atoms with van der Waals surface area (Å²) in [6, 6.07) is 4.11. The molecule has 0 bridgehead atoms. The molecule has 0 saturated carbocycles. The molecule has 1 aromatic carbocycles. The molecule has 1 aliphatic heterocycles. The smallest absolute Gasteiger partial charge is 0.270 e. The predicted octanol–water partition coefficient (Wildman–Crippen LogP) is 1.29. The van der Waals surface area contributed by atoms with E-state index >= 15 is 0 Å². The summed E-state index contributed by atoms with van der Waals surface area (Å²) in [6.45, 7) is 4.15. The molecular weight excluding hydrogens is 396 g/mol. The van der Waals surface area contributed by atoms with Gasteiger partial charge in [0.1, 0.15) is 6.04 Å². The van der Waals surface area contributed by atoms with Crippen molar-refractivity contribution in [2.45, 2.75) is 37.1 Å². The van der Waals surface area contributed by atoms with E-state index in [1.54, 1.807) is 0 Å². The Morgan fingerprint density at radius 2 is 2.07 bits per heavy atom. The molecule has 1 aliphatic rings. The van der Waals surface area contributed by atoms with Crippen LogP contribution in [0.2, 0.25) is 0 Å². The van der Waals surface area contributed by atoms with Crippen molar-refractivity contribution in [1.29, 1.82) is 0 Å². The van der Waals surface area contributed by atoms with Crippen molar-refractivity contribution in [1.82, 2.24) is 14.9 Å². The zero-order chi connectivity index (χ0) is 19.2. The van der Waals surface area contributed by atoms with Crippen LogP contribution in [0.4, 0.5) is 5.69 Å². The summed E-state index contributed by atoms with van der Waals surface area (Å²) in [7, 11) is -3.98. The number of carbonyl (C=O) groups is 1. The van der Waals surface area contributed by atoms with Crippen molar-refractivity contribution in [3.05, 3.63) is 34.4 Å². The van der Waals surface area contributed by atoms with Crippen LogP contribution in [-0.2, 0) is 14.8 Å². The quantitative estimate of drug-likeness (QED) is 0.352. The van der Waals surface area contributed by atoms with Gasteiger partial charge < -0.3 is 10.6 Å². The van der Waals surface area contributed by atoms with Crippen molar-refractivity contribution in [2.24, 2.45) is 0 Å². The maximum Gasteiger partial charge on any atom is 0.270 e. The molecule has 1 amide bonds. The molecular formula is C16H25ClN4O5S. The number of nitro groups is 1. The van der Waals surface area contributed by atoms with E-state index in [0.717, 1.165) is 23.3 Å². The molecule has 152 valence electrons. The fourth-order valence-electron chi connectivity index (χ4n) is 2.88. The highest BCUT2D eigenvalue weighted by atomic mass is 35.5. The standard InChI is InChI=1S/C16H24N4O5S.ClH/c1-2-8-17-9-10-18-16(21)15-7-4-11-19(15)26(24,25)14-6-3-5-13(12-14)20(22)23;/h3,5-6,12,15,17H,2,4,7-11H2,1H3,(H,18,21);1H. The van der Waals surface area contributed by atoms with Gasteiger partial charge in [0.2, 0.25) is 15.9 Å². The van der Waals surface area contributed by atoms with Crippen LogP contribution in [0.5, 0.6) is 0 Å². The number of rotatable bonds is 9. The minimum atomic E-state index is -3.98. The first-order chi connectivity index (χ1) is 12.4. The van der Waals surface area contributed by atoms with Gasteiger partial charge in [-0.3, -0.25) is 14.9 Å². The summed E-state index contributed by atoms with van der Waals surface area (Å²) in [5.74, 6) is -0.338. The van der Waals surface area contributed by atoms with Crippen molar-refractivity contribution >= 4 is 34.0 Å². The molecule has 1 atom stereocenters. The lowest BCUT2D eigenvalue weighted by Gasteiger charge is -2.23. The Labute approximate surface area is 165 Å². The van der Waals surface area contributed by atoms with Gasteiger partial charge in [-0.15, -0.1) is 12.4 Å². The Kier molecular flexibility index (Phi) is 9.10. The number of nitrogens with one attached hydrogen (secondary N) is 2. The third-order valence-corrected chi connectivity index (χ3v) is 6.07. The average Bonchev–Trinajstić information content (AvgIpc) is 3.12. The van der Waals surface area contributed by atoms with E-state index in [0.29, 0.717) is 25.9 Å². The molecule has 27 heavy (non-hydrogen) atoms. The number of hydrogen-bond donors (Lipinski definition) is 2. The van der Waals surface area contributed by atoms with E-state index in [2.05, 4.69) is 10.6 Å². The molecule has 0 aromatic heterocycles. The Balaban J connectivity index is 0.00000364.